The summed E-state index contributed by atoms with van der Waals surface area (Å²) in [7, 11) is 0. The molecule has 0 atom stereocenters. The van der Waals surface area contributed by atoms with E-state index in [1.165, 1.54) is 16.9 Å². The van der Waals surface area contributed by atoms with Crippen molar-refractivity contribution in [1.29, 1.82) is 0 Å². The van der Waals surface area contributed by atoms with Crippen LogP contribution >= 0.6 is 0 Å². The number of rotatable bonds is 2. The van der Waals surface area contributed by atoms with Crippen LogP contribution in [0, 0.1) is 0 Å². The standard InChI is InChI=1S/C9H10N4O2/c1-2-15-9(14)6-4-11-8-3-7(10)12-13(8)5-6/h3-5H,2H2,1H3,(H2,10,12). The molecule has 2 rings (SSSR count). The van der Waals surface area contributed by atoms with Crippen molar-refractivity contribution in [3.8, 4) is 0 Å². The van der Waals surface area contributed by atoms with Crippen LogP contribution in [0.5, 0.6) is 0 Å². The first-order chi connectivity index (χ1) is 7.20. The summed E-state index contributed by atoms with van der Waals surface area (Å²) in [5.74, 6) is -0.0514. The largest absolute Gasteiger partial charge is 0.462 e. The topological polar surface area (TPSA) is 82.5 Å². The van der Waals surface area contributed by atoms with E-state index < -0.39 is 5.97 Å². The van der Waals surface area contributed by atoms with Gasteiger partial charge in [-0.15, -0.1) is 5.10 Å². The van der Waals surface area contributed by atoms with Gasteiger partial charge in [0.15, 0.2) is 5.65 Å². The second kappa shape index (κ2) is 3.56. The summed E-state index contributed by atoms with van der Waals surface area (Å²) < 4.78 is 6.28. The molecule has 0 aromatic carbocycles. The smallest absolute Gasteiger partial charge is 0.341 e. The van der Waals surface area contributed by atoms with Gasteiger partial charge in [-0.25, -0.2) is 14.3 Å². The van der Waals surface area contributed by atoms with Crippen molar-refractivity contribution < 1.29 is 9.53 Å². The number of fused-ring (bicyclic) bond motifs is 1. The normalized spacial score (nSPS) is 10.5. The molecule has 15 heavy (non-hydrogen) atoms. The molecular weight excluding hydrogens is 196 g/mol. The van der Waals surface area contributed by atoms with E-state index in [1.54, 1.807) is 13.0 Å². The summed E-state index contributed by atoms with van der Waals surface area (Å²) in [6.45, 7) is 2.08. The second-order valence-electron chi connectivity index (χ2n) is 2.94. The van der Waals surface area contributed by atoms with Crippen molar-refractivity contribution in [1.82, 2.24) is 14.6 Å². The Morgan fingerprint density at radius 3 is 3.20 bits per heavy atom. The molecule has 2 heterocycles. The Labute approximate surface area is 85.7 Å². The average molecular weight is 206 g/mol. The highest BCUT2D eigenvalue weighted by atomic mass is 16.5. The zero-order valence-electron chi connectivity index (χ0n) is 8.17. The summed E-state index contributed by atoms with van der Waals surface area (Å²) >= 11 is 0. The highest BCUT2D eigenvalue weighted by molar-refractivity contribution is 5.88. The Morgan fingerprint density at radius 1 is 1.67 bits per heavy atom. The van der Waals surface area contributed by atoms with Crippen LogP contribution in [0.3, 0.4) is 0 Å². The minimum absolute atomic E-state index is 0.331. The number of anilines is 1. The van der Waals surface area contributed by atoms with Crippen molar-refractivity contribution in [2.45, 2.75) is 6.92 Å². The summed E-state index contributed by atoms with van der Waals surface area (Å²) in [6, 6.07) is 1.62. The first kappa shape index (κ1) is 9.45. The van der Waals surface area contributed by atoms with Gasteiger partial charge in [-0.1, -0.05) is 0 Å². The van der Waals surface area contributed by atoms with E-state index in [9.17, 15) is 4.79 Å². The molecule has 0 aliphatic rings. The lowest BCUT2D eigenvalue weighted by Gasteiger charge is -2.00. The Hall–Kier alpha value is -2.11. The summed E-state index contributed by atoms with van der Waals surface area (Å²) in [6.07, 6.45) is 2.98. The van der Waals surface area contributed by atoms with Gasteiger partial charge >= 0.3 is 5.97 Å². The maximum absolute atomic E-state index is 11.4. The number of aromatic nitrogens is 3. The van der Waals surface area contributed by atoms with Gasteiger partial charge in [0, 0.05) is 18.5 Å². The predicted octanol–water partition coefficient (Wildman–Crippen LogP) is 0.488. The van der Waals surface area contributed by atoms with Crippen LogP contribution in [-0.4, -0.2) is 27.2 Å². The number of carbonyl (C=O) groups is 1. The lowest BCUT2D eigenvalue weighted by molar-refractivity contribution is 0.0525. The number of nitrogens with two attached hydrogens (primary N) is 1. The van der Waals surface area contributed by atoms with E-state index in [0.717, 1.165) is 0 Å². The van der Waals surface area contributed by atoms with E-state index in [0.29, 0.717) is 23.6 Å². The van der Waals surface area contributed by atoms with Gasteiger partial charge in [-0.2, -0.15) is 0 Å². The van der Waals surface area contributed by atoms with E-state index in [2.05, 4.69) is 10.1 Å². The van der Waals surface area contributed by atoms with Crippen LogP contribution < -0.4 is 5.73 Å². The maximum Gasteiger partial charge on any atom is 0.341 e. The summed E-state index contributed by atoms with van der Waals surface area (Å²) in [5.41, 5.74) is 6.44. The molecule has 2 N–H and O–H groups in total. The third kappa shape index (κ3) is 1.74. The van der Waals surface area contributed by atoms with Gasteiger partial charge < -0.3 is 10.5 Å². The van der Waals surface area contributed by atoms with Crippen LogP contribution in [-0.2, 0) is 4.74 Å². The Kier molecular flexibility index (Phi) is 2.24. The quantitative estimate of drug-likeness (QED) is 0.723. The molecule has 0 radical (unpaired) electrons. The van der Waals surface area contributed by atoms with Crippen LogP contribution in [0.4, 0.5) is 5.82 Å². The minimum Gasteiger partial charge on any atom is -0.462 e. The molecule has 0 amide bonds. The molecular formula is C9H10N4O2. The molecule has 78 valence electrons. The zero-order valence-corrected chi connectivity index (χ0v) is 8.17. The van der Waals surface area contributed by atoms with Crippen molar-refractivity contribution >= 4 is 17.4 Å². The molecule has 0 unspecified atom stereocenters. The number of hydrogen-bond donors (Lipinski definition) is 1. The van der Waals surface area contributed by atoms with Gasteiger partial charge in [0.2, 0.25) is 0 Å². The molecule has 0 aliphatic carbocycles. The maximum atomic E-state index is 11.4. The van der Waals surface area contributed by atoms with Crippen molar-refractivity contribution in [2.75, 3.05) is 12.3 Å². The molecule has 0 bridgehead atoms. The summed E-state index contributed by atoms with van der Waals surface area (Å²) in [4.78, 5) is 15.4. The Bertz CT molecular complexity index is 506. The van der Waals surface area contributed by atoms with Crippen molar-refractivity contribution in [3.63, 3.8) is 0 Å². The summed E-state index contributed by atoms with van der Waals surface area (Å²) in [5, 5.41) is 3.94. The average Bonchev–Trinajstić information content (AvgIpc) is 2.57. The van der Waals surface area contributed by atoms with Crippen molar-refractivity contribution in [2.24, 2.45) is 0 Å². The van der Waals surface area contributed by atoms with Crippen LogP contribution in [0.1, 0.15) is 17.3 Å². The lowest BCUT2D eigenvalue weighted by Crippen LogP contribution is -2.07. The van der Waals surface area contributed by atoms with Gasteiger partial charge in [0.1, 0.15) is 5.82 Å². The monoisotopic (exact) mass is 206 g/mol. The van der Waals surface area contributed by atoms with Crippen LogP contribution in [0.2, 0.25) is 0 Å². The van der Waals surface area contributed by atoms with E-state index in [1.807, 2.05) is 0 Å². The highest BCUT2D eigenvalue weighted by Crippen LogP contribution is 2.07. The van der Waals surface area contributed by atoms with Gasteiger partial charge in [-0.05, 0) is 6.92 Å². The minimum atomic E-state index is -0.416. The third-order valence-corrected chi connectivity index (χ3v) is 1.84. The molecule has 0 aliphatic heterocycles. The van der Waals surface area contributed by atoms with E-state index >= 15 is 0 Å². The highest BCUT2D eigenvalue weighted by Gasteiger charge is 2.08. The van der Waals surface area contributed by atoms with Crippen LogP contribution in [0.15, 0.2) is 18.5 Å². The zero-order chi connectivity index (χ0) is 10.8. The van der Waals surface area contributed by atoms with Crippen LogP contribution in [0.25, 0.3) is 5.65 Å². The van der Waals surface area contributed by atoms with Crippen molar-refractivity contribution in [3.05, 3.63) is 24.0 Å². The Balaban J connectivity index is 2.41. The molecule has 2 aromatic rings. The predicted molar refractivity (Wildman–Crippen MR) is 53.4 cm³/mol. The molecule has 6 nitrogen and oxygen atoms in total. The lowest BCUT2D eigenvalue weighted by atomic mass is 10.3. The molecule has 0 saturated carbocycles. The number of carbonyl (C=O) groups excluding carboxylic acids is 1. The third-order valence-electron chi connectivity index (χ3n) is 1.84. The van der Waals surface area contributed by atoms with Gasteiger partial charge in [-0.3, -0.25) is 0 Å². The number of hydrogen-bond acceptors (Lipinski definition) is 5. The molecule has 0 fully saturated rings. The first-order valence-corrected chi connectivity index (χ1v) is 4.48. The van der Waals surface area contributed by atoms with Gasteiger partial charge in [0.25, 0.3) is 0 Å². The Morgan fingerprint density at radius 2 is 2.47 bits per heavy atom. The fraction of sp³-hybridized carbons (Fsp3) is 0.222. The first-order valence-electron chi connectivity index (χ1n) is 4.48. The second-order valence-corrected chi connectivity index (χ2v) is 2.94. The van der Waals surface area contributed by atoms with E-state index in [4.69, 9.17) is 10.5 Å². The van der Waals surface area contributed by atoms with Gasteiger partial charge in [0.05, 0.1) is 12.2 Å². The number of ether oxygens (including phenoxy) is 1. The molecule has 0 spiro atoms. The molecule has 6 heteroatoms. The SMILES string of the molecule is CCOC(=O)c1cnc2cc(N)nn2c1. The van der Waals surface area contributed by atoms with E-state index in [-0.39, 0.29) is 0 Å². The molecule has 0 saturated heterocycles. The fourth-order valence-corrected chi connectivity index (χ4v) is 1.21. The number of esters is 1. The number of nitrogen functional groups attached to an aromatic ring is 1. The fourth-order valence-electron chi connectivity index (χ4n) is 1.21. The number of nitrogens with zero attached hydrogens (tertiary/aromatic N) is 3. The molecule has 2 aromatic heterocycles.